The first-order valence-electron chi connectivity index (χ1n) is 5.22. The minimum Gasteiger partial charge on any atom is -0.321 e. The number of hydrogen-bond donors (Lipinski definition) is 2. The van der Waals surface area contributed by atoms with Crippen molar-refractivity contribution in [2.24, 2.45) is 0 Å². The zero-order chi connectivity index (χ0) is 13.7. The number of thioether (sulfide) groups is 1. The van der Waals surface area contributed by atoms with Crippen LogP contribution in [0.3, 0.4) is 0 Å². The number of carbonyl (C=O) groups is 1. The molecule has 1 aromatic carbocycles. The lowest BCUT2D eigenvalue weighted by Crippen LogP contribution is -2.17. The zero-order valence-corrected chi connectivity index (χ0v) is 10.4. The Morgan fingerprint density at radius 3 is 2.58 bits per heavy atom. The number of nitriles is 1. The van der Waals surface area contributed by atoms with Crippen molar-refractivity contribution in [3.8, 4) is 5.40 Å². The molecule has 0 saturated heterocycles. The third-order valence-electron chi connectivity index (χ3n) is 2.19. The second-order valence-electron chi connectivity index (χ2n) is 3.48. The van der Waals surface area contributed by atoms with Crippen LogP contribution >= 0.6 is 11.8 Å². The largest absolute Gasteiger partial charge is 0.321 e. The van der Waals surface area contributed by atoms with Gasteiger partial charge in [0, 0.05) is 16.6 Å². The Morgan fingerprint density at radius 1 is 1.26 bits per heavy atom. The SMILES string of the molecule is N#CSc1ccc(NC(=O)c2ccc(=O)[nH]n2)cc1. The summed E-state index contributed by atoms with van der Waals surface area (Å²) in [6.45, 7) is 0. The number of aromatic nitrogens is 2. The van der Waals surface area contributed by atoms with Gasteiger partial charge in [0.15, 0.2) is 0 Å². The highest BCUT2D eigenvalue weighted by atomic mass is 32.2. The molecule has 0 aliphatic heterocycles. The minimum absolute atomic E-state index is 0.120. The third kappa shape index (κ3) is 3.43. The van der Waals surface area contributed by atoms with Crippen molar-refractivity contribution in [1.29, 1.82) is 5.26 Å². The molecule has 0 radical (unpaired) electrons. The predicted octanol–water partition coefficient (Wildman–Crippen LogP) is 1.60. The van der Waals surface area contributed by atoms with Gasteiger partial charge in [-0.25, -0.2) is 5.10 Å². The number of nitrogens with zero attached hydrogens (tertiary/aromatic N) is 2. The summed E-state index contributed by atoms with van der Waals surface area (Å²) in [5.74, 6) is -0.420. The number of H-pyrrole nitrogens is 1. The van der Waals surface area contributed by atoms with Crippen molar-refractivity contribution in [1.82, 2.24) is 10.2 Å². The number of benzene rings is 1. The van der Waals surface area contributed by atoms with Crippen LogP contribution in [0.15, 0.2) is 46.1 Å². The monoisotopic (exact) mass is 272 g/mol. The van der Waals surface area contributed by atoms with E-state index >= 15 is 0 Å². The molecule has 7 heteroatoms. The van der Waals surface area contributed by atoms with Gasteiger partial charge >= 0.3 is 0 Å². The number of amides is 1. The maximum absolute atomic E-state index is 11.8. The molecule has 0 saturated carbocycles. The third-order valence-corrected chi connectivity index (χ3v) is 2.79. The second kappa shape index (κ2) is 5.84. The molecule has 0 fully saturated rings. The summed E-state index contributed by atoms with van der Waals surface area (Å²) in [4.78, 5) is 23.4. The highest BCUT2D eigenvalue weighted by Gasteiger charge is 2.07. The van der Waals surface area contributed by atoms with Crippen LogP contribution in [0.2, 0.25) is 0 Å². The van der Waals surface area contributed by atoms with Crippen LogP contribution in [0.25, 0.3) is 0 Å². The van der Waals surface area contributed by atoms with Gasteiger partial charge in [-0.15, -0.1) is 0 Å². The van der Waals surface area contributed by atoms with Gasteiger partial charge in [0.05, 0.1) is 0 Å². The Kier molecular flexibility index (Phi) is 3.95. The molecule has 0 bridgehead atoms. The fourth-order valence-electron chi connectivity index (χ4n) is 1.33. The van der Waals surface area contributed by atoms with Gasteiger partial charge in [0.25, 0.3) is 11.5 Å². The number of nitrogens with one attached hydrogen (secondary N) is 2. The molecule has 0 aliphatic rings. The number of carbonyl (C=O) groups excluding carboxylic acids is 1. The van der Waals surface area contributed by atoms with Crippen LogP contribution < -0.4 is 10.9 Å². The number of aromatic amines is 1. The summed E-state index contributed by atoms with van der Waals surface area (Å²) >= 11 is 1.04. The van der Waals surface area contributed by atoms with Crippen LogP contribution in [0, 0.1) is 10.7 Å². The quantitative estimate of drug-likeness (QED) is 0.653. The number of thiocyanates is 1. The molecular weight excluding hydrogens is 264 g/mol. The lowest BCUT2D eigenvalue weighted by atomic mass is 10.3. The fraction of sp³-hybridized carbons (Fsp3) is 0. The van der Waals surface area contributed by atoms with Crippen LogP contribution in [0.1, 0.15) is 10.5 Å². The first kappa shape index (κ1) is 12.9. The molecule has 0 atom stereocenters. The molecule has 19 heavy (non-hydrogen) atoms. The van der Waals surface area contributed by atoms with E-state index in [0.29, 0.717) is 5.69 Å². The van der Waals surface area contributed by atoms with E-state index in [-0.39, 0.29) is 11.3 Å². The van der Waals surface area contributed by atoms with Gasteiger partial charge in [0.2, 0.25) is 0 Å². The Morgan fingerprint density at radius 2 is 2.00 bits per heavy atom. The van der Waals surface area contributed by atoms with E-state index in [1.807, 2.05) is 5.40 Å². The van der Waals surface area contributed by atoms with E-state index in [0.717, 1.165) is 16.7 Å². The molecule has 0 unspecified atom stereocenters. The van der Waals surface area contributed by atoms with Crippen LogP contribution in [0.5, 0.6) is 0 Å². The zero-order valence-electron chi connectivity index (χ0n) is 9.58. The van der Waals surface area contributed by atoms with Crippen molar-refractivity contribution in [2.45, 2.75) is 4.90 Å². The summed E-state index contributed by atoms with van der Waals surface area (Å²) in [5, 5.41) is 18.9. The molecule has 6 nitrogen and oxygen atoms in total. The van der Waals surface area contributed by atoms with Gasteiger partial charge in [-0.1, -0.05) is 0 Å². The van der Waals surface area contributed by atoms with Crippen molar-refractivity contribution in [2.75, 3.05) is 5.32 Å². The standard InChI is InChI=1S/C12H8N4O2S/c13-7-19-9-3-1-8(2-4-9)14-12(18)10-5-6-11(17)16-15-10/h1-6H,(H,14,18)(H,16,17). The molecule has 0 spiro atoms. The molecule has 1 aromatic heterocycles. The van der Waals surface area contributed by atoms with Crippen LogP contribution in [-0.4, -0.2) is 16.1 Å². The van der Waals surface area contributed by atoms with Gasteiger partial charge < -0.3 is 5.32 Å². The Balaban J connectivity index is 2.08. The summed E-state index contributed by atoms with van der Waals surface area (Å²) < 4.78 is 0. The van der Waals surface area contributed by atoms with Crippen molar-refractivity contribution in [3.05, 3.63) is 52.4 Å². The van der Waals surface area contributed by atoms with Gasteiger partial charge in [-0.05, 0) is 42.1 Å². The molecule has 2 rings (SSSR count). The van der Waals surface area contributed by atoms with E-state index in [4.69, 9.17) is 5.26 Å². The number of hydrogen-bond acceptors (Lipinski definition) is 5. The molecular formula is C12H8N4O2S. The summed E-state index contributed by atoms with van der Waals surface area (Å²) in [7, 11) is 0. The smallest absolute Gasteiger partial charge is 0.276 e. The van der Waals surface area contributed by atoms with E-state index in [1.54, 1.807) is 24.3 Å². The van der Waals surface area contributed by atoms with E-state index < -0.39 is 5.91 Å². The van der Waals surface area contributed by atoms with E-state index in [2.05, 4.69) is 15.5 Å². The lowest BCUT2D eigenvalue weighted by Gasteiger charge is -2.04. The van der Waals surface area contributed by atoms with Crippen molar-refractivity contribution >= 4 is 23.4 Å². The normalized spacial score (nSPS) is 9.63. The maximum Gasteiger partial charge on any atom is 0.276 e. The highest BCUT2D eigenvalue weighted by molar-refractivity contribution is 8.03. The van der Waals surface area contributed by atoms with E-state index in [1.165, 1.54) is 12.1 Å². The van der Waals surface area contributed by atoms with Crippen LogP contribution in [0.4, 0.5) is 5.69 Å². The Bertz CT molecular complexity index is 668. The molecule has 2 aromatic rings. The molecule has 1 amide bonds. The first-order valence-corrected chi connectivity index (χ1v) is 6.04. The summed E-state index contributed by atoms with van der Waals surface area (Å²) in [6.07, 6.45) is 0. The maximum atomic E-state index is 11.8. The topological polar surface area (TPSA) is 98.6 Å². The molecule has 0 aliphatic carbocycles. The molecule has 2 N–H and O–H groups in total. The van der Waals surface area contributed by atoms with Crippen LogP contribution in [-0.2, 0) is 0 Å². The van der Waals surface area contributed by atoms with Gasteiger partial charge in [-0.3, -0.25) is 9.59 Å². The first-order chi connectivity index (χ1) is 9.19. The Hall–Kier alpha value is -2.59. The summed E-state index contributed by atoms with van der Waals surface area (Å²) in [5.41, 5.74) is 0.338. The second-order valence-corrected chi connectivity index (χ2v) is 4.34. The average Bonchev–Trinajstić information content (AvgIpc) is 2.42. The number of anilines is 1. The van der Waals surface area contributed by atoms with Crippen molar-refractivity contribution < 1.29 is 4.79 Å². The van der Waals surface area contributed by atoms with Gasteiger partial charge in [-0.2, -0.15) is 10.4 Å². The van der Waals surface area contributed by atoms with Gasteiger partial charge in [0.1, 0.15) is 11.1 Å². The predicted molar refractivity (Wildman–Crippen MR) is 70.7 cm³/mol. The number of rotatable bonds is 3. The van der Waals surface area contributed by atoms with Crippen molar-refractivity contribution in [3.63, 3.8) is 0 Å². The minimum atomic E-state index is -0.420. The van der Waals surface area contributed by atoms with E-state index in [9.17, 15) is 9.59 Å². The fourth-order valence-corrected chi connectivity index (χ4v) is 1.70. The summed E-state index contributed by atoms with van der Waals surface area (Å²) in [6, 6.07) is 9.39. The molecule has 1 heterocycles. The highest BCUT2D eigenvalue weighted by Crippen LogP contribution is 2.19. The average molecular weight is 272 g/mol. The molecule has 94 valence electrons. The lowest BCUT2D eigenvalue weighted by molar-refractivity contribution is 0.102. The Labute approximate surface area is 112 Å².